The number of rotatable bonds is 3. The van der Waals surface area contributed by atoms with Crippen LogP contribution in [-0.4, -0.2) is 17.9 Å². The molecule has 85 valence electrons. The van der Waals surface area contributed by atoms with Crippen LogP contribution in [0.25, 0.3) is 0 Å². The lowest BCUT2D eigenvalue weighted by molar-refractivity contribution is 0.103. The average Bonchev–Trinajstić information content (AvgIpc) is 2.39. The highest BCUT2D eigenvalue weighted by Gasteiger charge is 2.10. The van der Waals surface area contributed by atoms with Crippen molar-refractivity contribution >= 4 is 17.4 Å². The number of hydrogen-bond acceptors (Lipinski definition) is 3. The van der Waals surface area contributed by atoms with Crippen molar-refractivity contribution in [3.8, 4) is 5.75 Å². The fraction of sp³-hybridized carbons (Fsp3) is 0.0769. The summed E-state index contributed by atoms with van der Waals surface area (Å²) in [5.74, 6) is 0.478. The van der Waals surface area contributed by atoms with Gasteiger partial charge in [-0.25, -0.2) is 4.98 Å². The van der Waals surface area contributed by atoms with Gasteiger partial charge in [-0.2, -0.15) is 0 Å². The Morgan fingerprint density at radius 2 is 2.18 bits per heavy atom. The second-order valence-corrected chi connectivity index (χ2v) is 3.74. The number of carbonyl (C=O) groups excluding carboxylic acids is 1. The molecule has 17 heavy (non-hydrogen) atoms. The highest BCUT2D eigenvalue weighted by Crippen LogP contribution is 2.16. The molecule has 3 nitrogen and oxygen atoms in total. The second-order valence-electron chi connectivity index (χ2n) is 3.35. The van der Waals surface area contributed by atoms with Crippen molar-refractivity contribution in [2.75, 3.05) is 7.11 Å². The van der Waals surface area contributed by atoms with Crippen LogP contribution in [0, 0.1) is 6.20 Å². The molecule has 0 aliphatic carbocycles. The van der Waals surface area contributed by atoms with Gasteiger partial charge in [0.1, 0.15) is 17.1 Å². The standard InChI is InChI=1S/C13H9ClNO2/c1-17-11-4-2-3-9(7-11)13(16)10-5-6-12(14)15-8-10/h2-7H,1H3. The van der Waals surface area contributed by atoms with Crippen LogP contribution in [0.4, 0.5) is 0 Å². The van der Waals surface area contributed by atoms with E-state index in [0.717, 1.165) is 0 Å². The zero-order chi connectivity index (χ0) is 12.3. The van der Waals surface area contributed by atoms with Crippen LogP contribution < -0.4 is 4.74 Å². The number of ketones is 1. The summed E-state index contributed by atoms with van der Waals surface area (Å²) in [5.41, 5.74) is 0.910. The normalized spacial score (nSPS) is 10.0. The molecule has 1 heterocycles. The van der Waals surface area contributed by atoms with Crippen LogP contribution in [0.1, 0.15) is 15.9 Å². The van der Waals surface area contributed by atoms with Crippen molar-refractivity contribution in [3.05, 3.63) is 58.9 Å². The molecule has 1 radical (unpaired) electrons. The number of aromatic nitrogens is 1. The second kappa shape index (κ2) is 4.97. The number of methoxy groups -OCH3 is 1. The number of halogens is 1. The highest BCUT2D eigenvalue weighted by molar-refractivity contribution is 6.29. The molecular formula is C13H9ClNO2. The van der Waals surface area contributed by atoms with Gasteiger partial charge in [-0.1, -0.05) is 23.7 Å². The zero-order valence-corrected chi connectivity index (χ0v) is 9.86. The van der Waals surface area contributed by atoms with Crippen molar-refractivity contribution in [3.63, 3.8) is 0 Å². The summed E-state index contributed by atoms with van der Waals surface area (Å²) in [7, 11) is 1.56. The fourth-order valence-corrected chi connectivity index (χ4v) is 1.49. The Morgan fingerprint density at radius 1 is 1.35 bits per heavy atom. The SMILES string of the molecule is COc1cccc(C(=O)c2[c]nc(Cl)cc2)c1. The Balaban J connectivity index is 2.33. The van der Waals surface area contributed by atoms with Crippen molar-refractivity contribution in [2.45, 2.75) is 0 Å². The Kier molecular flexibility index (Phi) is 3.40. The predicted molar refractivity (Wildman–Crippen MR) is 64.5 cm³/mol. The molecule has 0 amide bonds. The Bertz CT molecular complexity index is 537. The quantitative estimate of drug-likeness (QED) is 0.618. The molecule has 0 bridgehead atoms. The summed E-state index contributed by atoms with van der Waals surface area (Å²) in [4.78, 5) is 15.8. The first-order valence-electron chi connectivity index (χ1n) is 4.93. The van der Waals surface area contributed by atoms with E-state index < -0.39 is 0 Å². The molecule has 0 aliphatic heterocycles. The summed E-state index contributed by atoms with van der Waals surface area (Å²) in [6.45, 7) is 0. The van der Waals surface area contributed by atoms with Gasteiger partial charge in [-0.15, -0.1) is 0 Å². The summed E-state index contributed by atoms with van der Waals surface area (Å²) in [6, 6.07) is 10.1. The maximum absolute atomic E-state index is 12.1. The van der Waals surface area contributed by atoms with Crippen molar-refractivity contribution in [2.24, 2.45) is 0 Å². The number of benzene rings is 1. The topological polar surface area (TPSA) is 39.2 Å². The maximum Gasteiger partial charge on any atom is 0.195 e. The fourth-order valence-electron chi connectivity index (χ4n) is 1.39. The van der Waals surface area contributed by atoms with E-state index in [1.54, 1.807) is 43.5 Å². The smallest absolute Gasteiger partial charge is 0.195 e. The van der Waals surface area contributed by atoms with Gasteiger partial charge >= 0.3 is 0 Å². The molecule has 0 fully saturated rings. The van der Waals surface area contributed by atoms with Gasteiger partial charge in [-0.3, -0.25) is 4.79 Å². The number of nitrogens with zero attached hydrogens (tertiary/aromatic N) is 1. The first-order chi connectivity index (χ1) is 8.20. The average molecular weight is 247 g/mol. The van der Waals surface area contributed by atoms with Gasteiger partial charge in [0.25, 0.3) is 0 Å². The molecule has 0 N–H and O–H groups in total. The first-order valence-corrected chi connectivity index (χ1v) is 5.31. The van der Waals surface area contributed by atoms with E-state index >= 15 is 0 Å². The van der Waals surface area contributed by atoms with E-state index in [9.17, 15) is 4.79 Å². The van der Waals surface area contributed by atoms with Crippen LogP contribution in [0.15, 0.2) is 36.4 Å². The molecule has 2 aromatic rings. The van der Waals surface area contributed by atoms with Crippen molar-refractivity contribution in [1.29, 1.82) is 0 Å². The van der Waals surface area contributed by atoms with Crippen LogP contribution in [0.3, 0.4) is 0 Å². The summed E-state index contributed by atoms with van der Waals surface area (Å²) in [5, 5.41) is 0.312. The Hall–Kier alpha value is -1.87. The van der Waals surface area contributed by atoms with Gasteiger partial charge in [0, 0.05) is 5.56 Å². The van der Waals surface area contributed by atoms with E-state index in [4.69, 9.17) is 16.3 Å². The summed E-state index contributed by atoms with van der Waals surface area (Å²) >= 11 is 5.64. The van der Waals surface area contributed by atoms with E-state index in [2.05, 4.69) is 11.2 Å². The third-order valence-electron chi connectivity index (χ3n) is 2.25. The lowest BCUT2D eigenvalue weighted by Gasteiger charge is -2.03. The van der Waals surface area contributed by atoms with Crippen LogP contribution >= 0.6 is 11.6 Å². The molecule has 0 atom stereocenters. The van der Waals surface area contributed by atoms with E-state index in [1.165, 1.54) is 0 Å². The third-order valence-corrected chi connectivity index (χ3v) is 2.46. The first kappa shape index (κ1) is 11.6. The summed E-state index contributed by atoms with van der Waals surface area (Å²) < 4.78 is 5.06. The molecule has 0 spiro atoms. The van der Waals surface area contributed by atoms with Crippen molar-refractivity contribution in [1.82, 2.24) is 4.98 Å². The lowest BCUT2D eigenvalue weighted by atomic mass is 10.1. The molecular weight excluding hydrogens is 238 g/mol. The van der Waals surface area contributed by atoms with E-state index in [-0.39, 0.29) is 5.78 Å². The monoisotopic (exact) mass is 246 g/mol. The Morgan fingerprint density at radius 3 is 2.82 bits per heavy atom. The van der Waals surface area contributed by atoms with Crippen LogP contribution in [-0.2, 0) is 0 Å². The van der Waals surface area contributed by atoms with Crippen LogP contribution in [0.2, 0.25) is 5.15 Å². The summed E-state index contributed by atoms with van der Waals surface area (Å²) in [6.07, 6.45) is 2.60. The van der Waals surface area contributed by atoms with Crippen molar-refractivity contribution < 1.29 is 9.53 Å². The molecule has 0 unspecified atom stereocenters. The molecule has 4 heteroatoms. The lowest BCUT2D eigenvalue weighted by Crippen LogP contribution is -2.02. The minimum atomic E-state index is -0.159. The maximum atomic E-state index is 12.1. The number of carbonyl (C=O) groups is 1. The number of pyridine rings is 1. The largest absolute Gasteiger partial charge is 0.497 e. The van der Waals surface area contributed by atoms with Gasteiger partial charge in [-0.05, 0) is 24.3 Å². The van der Waals surface area contributed by atoms with Gasteiger partial charge in [0.2, 0.25) is 0 Å². The molecule has 0 aliphatic rings. The Labute approximate surface area is 104 Å². The minimum Gasteiger partial charge on any atom is -0.497 e. The van der Waals surface area contributed by atoms with Crippen LogP contribution in [0.5, 0.6) is 5.75 Å². The predicted octanol–water partition coefficient (Wildman–Crippen LogP) is 2.77. The van der Waals surface area contributed by atoms with Gasteiger partial charge in [0.15, 0.2) is 5.78 Å². The zero-order valence-electron chi connectivity index (χ0n) is 9.11. The molecule has 2 rings (SSSR count). The molecule has 1 aromatic carbocycles. The highest BCUT2D eigenvalue weighted by atomic mass is 35.5. The van der Waals surface area contributed by atoms with Gasteiger partial charge in [0.05, 0.1) is 12.7 Å². The van der Waals surface area contributed by atoms with E-state index in [1.807, 2.05) is 0 Å². The number of hydrogen-bond donors (Lipinski definition) is 0. The third kappa shape index (κ3) is 2.63. The molecule has 0 saturated carbocycles. The number of ether oxygens (including phenoxy) is 1. The molecule has 0 saturated heterocycles. The minimum absolute atomic E-state index is 0.159. The van der Waals surface area contributed by atoms with Gasteiger partial charge < -0.3 is 4.74 Å². The van der Waals surface area contributed by atoms with E-state index in [0.29, 0.717) is 22.0 Å². The molecule has 1 aromatic heterocycles.